The van der Waals surface area contributed by atoms with Crippen LogP contribution in [0, 0.1) is 6.92 Å². The molecule has 4 N–H and O–H groups in total. The van der Waals surface area contributed by atoms with Gasteiger partial charge in [-0.2, -0.15) is 4.98 Å². The number of hydrogen-bond donors (Lipinski definition) is 3. The summed E-state index contributed by atoms with van der Waals surface area (Å²) in [6.45, 7) is 4.31. The molecule has 1 atom stereocenters. The summed E-state index contributed by atoms with van der Waals surface area (Å²) in [5, 5.41) is 13.4. The van der Waals surface area contributed by atoms with Gasteiger partial charge in [0.05, 0.1) is 0 Å². The molecular formula is C17H23N7O2. The van der Waals surface area contributed by atoms with Crippen molar-refractivity contribution in [3.8, 4) is 0 Å². The van der Waals surface area contributed by atoms with E-state index < -0.39 is 5.91 Å². The van der Waals surface area contributed by atoms with Crippen molar-refractivity contribution in [1.82, 2.24) is 20.5 Å². The Labute approximate surface area is 152 Å². The molecule has 138 valence electrons. The van der Waals surface area contributed by atoms with Crippen molar-refractivity contribution in [2.45, 2.75) is 19.9 Å². The molecule has 0 bridgehead atoms. The number of nitrogens with zero attached hydrogens (tertiary/aromatic N) is 4. The lowest BCUT2D eigenvalue weighted by molar-refractivity contribution is 0.0939. The van der Waals surface area contributed by atoms with E-state index in [1.54, 1.807) is 31.1 Å². The summed E-state index contributed by atoms with van der Waals surface area (Å²) in [4.78, 5) is 29.5. The van der Waals surface area contributed by atoms with Gasteiger partial charge in [-0.3, -0.25) is 9.59 Å². The van der Waals surface area contributed by atoms with Gasteiger partial charge in [0.2, 0.25) is 5.95 Å². The molecule has 0 radical (unpaired) electrons. The van der Waals surface area contributed by atoms with E-state index in [-0.39, 0.29) is 23.5 Å². The zero-order chi connectivity index (χ0) is 19.3. The van der Waals surface area contributed by atoms with Gasteiger partial charge in [-0.15, -0.1) is 10.2 Å². The van der Waals surface area contributed by atoms with E-state index in [2.05, 4.69) is 25.8 Å². The predicted molar refractivity (Wildman–Crippen MR) is 99.3 cm³/mol. The van der Waals surface area contributed by atoms with Crippen molar-refractivity contribution in [3.63, 3.8) is 0 Å². The fraction of sp³-hybridized carbons (Fsp3) is 0.353. The number of primary amides is 1. The Hall–Kier alpha value is -3.23. The average molecular weight is 357 g/mol. The van der Waals surface area contributed by atoms with E-state index in [1.807, 2.05) is 26.0 Å². The van der Waals surface area contributed by atoms with Gasteiger partial charge >= 0.3 is 0 Å². The number of nitrogens with one attached hydrogen (secondary N) is 2. The summed E-state index contributed by atoms with van der Waals surface area (Å²) in [7, 11) is 3.39. The molecule has 2 rings (SSSR count). The van der Waals surface area contributed by atoms with E-state index in [9.17, 15) is 9.59 Å². The van der Waals surface area contributed by atoms with Crippen LogP contribution in [0.1, 0.15) is 33.3 Å². The minimum absolute atomic E-state index is 0.0228. The van der Waals surface area contributed by atoms with Gasteiger partial charge in [0, 0.05) is 32.2 Å². The highest BCUT2D eigenvalue weighted by Crippen LogP contribution is 2.12. The van der Waals surface area contributed by atoms with E-state index in [0.717, 1.165) is 5.56 Å². The third kappa shape index (κ3) is 4.65. The number of anilines is 2. The first kappa shape index (κ1) is 19.1. The Morgan fingerprint density at radius 1 is 1.23 bits per heavy atom. The van der Waals surface area contributed by atoms with Crippen LogP contribution in [-0.4, -0.2) is 53.7 Å². The number of rotatable bonds is 7. The van der Waals surface area contributed by atoms with Crippen LogP contribution in [0.3, 0.4) is 0 Å². The van der Waals surface area contributed by atoms with Crippen LogP contribution in [0.5, 0.6) is 0 Å². The summed E-state index contributed by atoms with van der Waals surface area (Å²) >= 11 is 0. The van der Waals surface area contributed by atoms with E-state index in [1.165, 1.54) is 0 Å². The first-order valence-electron chi connectivity index (χ1n) is 8.12. The van der Waals surface area contributed by atoms with Gasteiger partial charge < -0.3 is 21.3 Å². The lowest BCUT2D eigenvalue weighted by Gasteiger charge is -2.22. The zero-order valence-corrected chi connectivity index (χ0v) is 15.3. The Morgan fingerprint density at radius 3 is 2.46 bits per heavy atom. The quantitative estimate of drug-likeness (QED) is 0.661. The average Bonchev–Trinajstić information content (AvgIpc) is 2.61. The van der Waals surface area contributed by atoms with Crippen LogP contribution in [-0.2, 0) is 0 Å². The van der Waals surface area contributed by atoms with Crippen LogP contribution >= 0.6 is 0 Å². The number of hydrogen-bond acceptors (Lipinski definition) is 7. The maximum Gasteiger partial charge on any atom is 0.273 e. The van der Waals surface area contributed by atoms with Crippen LogP contribution in [0.25, 0.3) is 0 Å². The molecule has 2 aromatic rings. The second-order valence-corrected chi connectivity index (χ2v) is 6.04. The van der Waals surface area contributed by atoms with Gasteiger partial charge in [-0.05, 0) is 26.0 Å². The Morgan fingerprint density at radius 2 is 1.88 bits per heavy atom. The predicted octanol–water partition coefficient (Wildman–Crippen LogP) is 0.575. The number of likely N-dealkylation sites (N-methyl/N-ethyl adjacent to an activating group) is 1. The summed E-state index contributed by atoms with van der Waals surface area (Å²) < 4.78 is 0. The number of amides is 2. The van der Waals surface area contributed by atoms with Crippen molar-refractivity contribution in [2.24, 2.45) is 5.73 Å². The van der Waals surface area contributed by atoms with Crippen LogP contribution < -0.4 is 21.3 Å². The van der Waals surface area contributed by atoms with Crippen LogP contribution in [0.4, 0.5) is 11.8 Å². The number of benzene rings is 1. The molecule has 0 spiro atoms. The second-order valence-electron chi connectivity index (χ2n) is 6.04. The van der Waals surface area contributed by atoms with Crippen molar-refractivity contribution in [2.75, 3.05) is 30.9 Å². The highest BCUT2D eigenvalue weighted by atomic mass is 16.2. The first-order chi connectivity index (χ1) is 12.3. The SMILES string of the molecule is CNc1nc(N(C)CC(C)NC(=O)c2ccc(C)cc2)nnc1C(N)=O. The third-order valence-electron chi connectivity index (χ3n) is 3.73. The molecule has 9 heteroatoms. The molecule has 1 unspecified atom stereocenters. The molecule has 0 aliphatic heterocycles. The molecule has 1 heterocycles. The standard InChI is InChI=1S/C17H23N7O2/c1-10-5-7-12(8-6-10)16(26)20-11(2)9-24(4)17-21-15(19-3)13(14(18)25)22-23-17/h5-8,11H,9H2,1-4H3,(H2,18,25)(H,20,26)(H,19,21,23). The van der Waals surface area contributed by atoms with E-state index in [4.69, 9.17) is 5.73 Å². The van der Waals surface area contributed by atoms with Crippen molar-refractivity contribution in [3.05, 3.63) is 41.1 Å². The smallest absolute Gasteiger partial charge is 0.273 e. The van der Waals surface area contributed by atoms with Gasteiger partial charge in [0.15, 0.2) is 11.5 Å². The maximum absolute atomic E-state index is 12.3. The molecule has 0 fully saturated rings. The molecule has 26 heavy (non-hydrogen) atoms. The Bertz CT molecular complexity index is 792. The fourth-order valence-corrected chi connectivity index (χ4v) is 2.37. The Balaban J connectivity index is 2.02. The normalized spacial score (nSPS) is 11.5. The van der Waals surface area contributed by atoms with E-state index >= 15 is 0 Å². The maximum atomic E-state index is 12.3. The number of carbonyl (C=O) groups excluding carboxylic acids is 2. The molecule has 0 saturated heterocycles. The van der Waals surface area contributed by atoms with Gasteiger partial charge in [0.1, 0.15) is 0 Å². The highest BCUT2D eigenvalue weighted by molar-refractivity contribution is 5.95. The largest absolute Gasteiger partial charge is 0.371 e. The topological polar surface area (TPSA) is 126 Å². The van der Waals surface area contributed by atoms with Crippen LogP contribution in [0.15, 0.2) is 24.3 Å². The monoisotopic (exact) mass is 357 g/mol. The van der Waals surface area contributed by atoms with E-state index in [0.29, 0.717) is 18.1 Å². The molecule has 0 aliphatic carbocycles. The molecule has 1 aromatic heterocycles. The van der Waals surface area contributed by atoms with Gasteiger partial charge in [-0.25, -0.2) is 0 Å². The second kappa shape index (κ2) is 8.24. The third-order valence-corrected chi connectivity index (χ3v) is 3.73. The minimum Gasteiger partial charge on any atom is -0.371 e. The lowest BCUT2D eigenvalue weighted by atomic mass is 10.1. The summed E-state index contributed by atoms with van der Waals surface area (Å²) in [5.74, 6) is -0.284. The van der Waals surface area contributed by atoms with Crippen molar-refractivity contribution in [1.29, 1.82) is 0 Å². The molecule has 1 aromatic carbocycles. The number of nitrogens with two attached hydrogens (primary N) is 1. The lowest BCUT2D eigenvalue weighted by Crippen LogP contribution is -2.41. The highest BCUT2D eigenvalue weighted by Gasteiger charge is 2.17. The molecular weight excluding hydrogens is 334 g/mol. The molecule has 0 saturated carbocycles. The first-order valence-corrected chi connectivity index (χ1v) is 8.12. The summed E-state index contributed by atoms with van der Waals surface area (Å²) in [6.07, 6.45) is 0. The number of carbonyl (C=O) groups is 2. The Kier molecular flexibility index (Phi) is 6.05. The fourth-order valence-electron chi connectivity index (χ4n) is 2.37. The van der Waals surface area contributed by atoms with Crippen molar-refractivity contribution < 1.29 is 9.59 Å². The minimum atomic E-state index is -0.706. The number of aryl methyl sites for hydroxylation is 1. The zero-order valence-electron chi connectivity index (χ0n) is 15.3. The van der Waals surface area contributed by atoms with Crippen molar-refractivity contribution >= 4 is 23.6 Å². The van der Waals surface area contributed by atoms with Gasteiger partial charge in [0.25, 0.3) is 11.8 Å². The summed E-state index contributed by atoms with van der Waals surface area (Å²) in [5.41, 5.74) is 6.91. The molecule has 0 aliphatic rings. The number of aromatic nitrogens is 3. The summed E-state index contributed by atoms with van der Waals surface area (Å²) in [6, 6.07) is 7.20. The molecule has 2 amide bonds. The van der Waals surface area contributed by atoms with Gasteiger partial charge in [-0.1, -0.05) is 17.7 Å². The van der Waals surface area contributed by atoms with Crippen LogP contribution in [0.2, 0.25) is 0 Å². The molecule has 9 nitrogen and oxygen atoms in total.